The normalized spacial score (nSPS) is 14.0. The molecule has 0 aliphatic heterocycles. The van der Waals surface area contributed by atoms with Gasteiger partial charge in [-0.1, -0.05) is 72.4 Å². The first kappa shape index (κ1) is 20.0. The predicted octanol–water partition coefficient (Wildman–Crippen LogP) is 3.67. The molecule has 0 bridgehead atoms. The first-order valence-corrected chi connectivity index (χ1v) is 10.6. The Balaban J connectivity index is 1.55. The van der Waals surface area contributed by atoms with Crippen molar-refractivity contribution in [1.82, 2.24) is 25.8 Å². The van der Waals surface area contributed by atoms with Crippen molar-refractivity contribution in [2.45, 2.75) is 36.2 Å². The van der Waals surface area contributed by atoms with E-state index >= 15 is 0 Å². The topological polar surface area (TPSA) is 96.9 Å². The molecule has 152 valence electrons. The Kier molecular flexibility index (Phi) is 6.04. The summed E-state index contributed by atoms with van der Waals surface area (Å²) in [5.74, 6) is -0.393. The Morgan fingerprint density at radius 3 is 2.13 bits per heavy atom. The minimum absolute atomic E-state index is 0.187. The second-order valence-electron chi connectivity index (χ2n) is 7.02. The highest BCUT2D eigenvalue weighted by Gasteiger charge is 2.25. The summed E-state index contributed by atoms with van der Waals surface area (Å²) in [5.41, 5.74) is 3.19. The lowest BCUT2D eigenvalue weighted by molar-refractivity contribution is -0.119. The number of nitrogens with zero attached hydrogens (tertiary/aromatic N) is 3. The minimum atomic E-state index is -0.553. The second kappa shape index (κ2) is 9.04. The van der Waals surface area contributed by atoms with Crippen molar-refractivity contribution in [2.75, 3.05) is 0 Å². The van der Waals surface area contributed by atoms with Crippen LogP contribution in [0.15, 0.2) is 65.8 Å². The van der Waals surface area contributed by atoms with Gasteiger partial charge in [0.15, 0.2) is 0 Å². The number of carbonyl (C=O) groups excluding carboxylic acids is 2. The highest BCUT2D eigenvalue weighted by Crippen LogP contribution is 2.30. The van der Waals surface area contributed by atoms with Crippen LogP contribution >= 0.6 is 11.8 Å². The molecule has 1 aliphatic rings. The van der Waals surface area contributed by atoms with Crippen molar-refractivity contribution in [1.29, 1.82) is 0 Å². The van der Waals surface area contributed by atoms with Crippen LogP contribution < -0.4 is 10.6 Å². The Morgan fingerprint density at radius 1 is 0.933 bits per heavy atom. The molecule has 0 saturated heterocycles. The van der Waals surface area contributed by atoms with Crippen molar-refractivity contribution in [3.63, 3.8) is 0 Å². The van der Waals surface area contributed by atoms with E-state index in [0.717, 1.165) is 35.7 Å². The van der Waals surface area contributed by atoms with E-state index in [1.54, 1.807) is 6.92 Å². The molecule has 1 aromatic heterocycles. The van der Waals surface area contributed by atoms with E-state index in [1.165, 1.54) is 0 Å². The van der Waals surface area contributed by atoms with Gasteiger partial charge in [-0.3, -0.25) is 10.1 Å². The van der Waals surface area contributed by atoms with Gasteiger partial charge >= 0.3 is 6.03 Å². The monoisotopic (exact) mass is 419 g/mol. The van der Waals surface area contributed by atoms with Gasteiger partial charge in [0.25, 0.3) is 0 Å². The lowest BCUT2D eigenvalue weighted by atomic mass is 10.0. The van der Waals surface area contributed by atoms with Gasteiger partial charge in [-0.05, 0) is 19.8 Å². The van der Waals surface area contributed by atoms with E-state index in [0.29, 0.717) is 16.5 Å². The van der Waals surface area contributed by atoms with Gasteiger partial charge in [-0.2, -0.15) is 0 Å². The van der Waals surface area contributed by atoms with Crippen molar-refractivity contribution < 1.29 is 9.59 Å². The predicted molar refractivity (Wildman–Crippen MR) is 116 cm³/mol. The summed E-state index contributed by atoms with van der Waals surface area (Å²) >= 11 is 1.16. The molecular weight excluding hydrogens is 398 g/mol. The maximum Gasteiger partial charge on any atom is 0.321 e. The van der Waals surface area contributed by atoms with Gasteiger partial charge in [-0.15, -0.1) is 10.2 Å². The highest BCUT2D eigenvalue weighted by atomic mass is 32.2. The van der Waals surface area contributed by atoms with E-state index in [1.807, 2.05) is 60.7 Å². The molecule has 30 heavy (non-hydrogen) atoms. The average molecular weight is 420 g/mol. The Hall–Kier alpha value is -3.26. The molecule has 4 rings (SSSR count). The molecule has 7 nitrogen and oxygen atoms in total. The zero-order chi connectivity index (χ0) is 20.9. The van der Waals surface area contributed by atoms with E-state index in [2.05, 4.69) is 25.8 Å². The third kappa shape index (κ3) is 5.01. The standard InChI is InChI=1S/C22H21N5O2S/c1-14(20(28)25-21(29)23-17-12-13-17)30-22-24-18(15-8-4-2-5-9-15)19(26-27-22)16-10-6-3-7-11-16/h2-11,14,17H,12-13H2,1H3,(H2,23,25,28,29). The fourth-order valence-corrected chi connectivity index (χ4v) is 3.54. The van der Waals surface area contributed by atoms with Crippen molar-refractivity contribution in [2.24, 2.45) is 0 Å². The number of amides is 3. The summed E-state index contributed by atoms with van der Waals surface area (Å²) in [7, 11) is 0. The van der Waals surface area contributed by atoms with E-state index in [4.69, 9.17) is 0 Å². The van der Waals surface area contributed by atoms with Crippen LogP contribution in [0.3, 0.4) is 0 Å². The van der Waals surface area contributed by atoms with Crippen LogP contribution in [-0.4, -0.2) is 38.4 Å². The van der Waals surface area contributed by atoms with E-state index in [-0.39, 0.29) is 6.04 Å². The van der Waals surface area contributed by atoms with Gasteiger partial charge in [-0.25, -0.2) is 9.78 Å². The Labute approximate surface area is 178 Å². The first-order chi connectivity index (χ1) is 14.6. The largest absolute Gasteiger partial charge is 0.335 e. The summed E-state index contributed by atoms with van der Waals surface area (Å²) in [6, 6.07) is 19.2. The molecule has 1 aliphatic carbocycles. The third-order valence-corrected chi connectivity index (χ3v) is 5.51. The lowest BCUT2D eigenvalue weighted by Gasteiger charge is -2.12. The zero-order valence-electron chi connectivity index (χ0n) is 16.4. The van der Waals surface area contributed by atoms with Gasteiger partial charge in [0, 0.05) is 17.2 Å². The smallest absolute Gasteiger partial charge is 0.321 e. The number of hydrogen-bond donors (Lipinski definition) is 2. The molecule has 0 radical (unpaired) electrons. The highest BCUT2D eigenvalue weighted by molar-refractivity contribution is 8.00. The van der Waals surface area contributed by atoms with Gasteiger partial charge in [0.1, 0.15) is 11.4 Å². The molecule has 1 unspecified atom stereocenters. The summed E-state index contributed by atoms with van der Waals surface area (Å²) < 4.78 is 0. The Morgan fingerprint density at radius 2 is 1.53 bits per heavy atom. The fraction of sp³-hybridized carbons (Fsp3) is 0.227. The number of rotatable bonds is 6. The number of thioether (sulfide) groups is 1. The molecule has 1 heterocycles. The van der Waals surface area contributed by atoms with Crippen molar-refractivity contribution >= 4 is 23.7 Å². The molecule has 3 aromatic rings. The van der Waals surface area contributed by atoms with E-state index < -0.39 is 17.2 Å². The molecule has 2 N–H and O–H groups in total. The number of hydrogen-bond acceptors (Lipinski definition) is 6. The van der Waals surface area contributed by atoms with Crippen molar-refractivity contribution in [3.05, 3.63) is 60.7 Å². The molecule has 1 fully saturated rings. The number of imide groups is 1. The molecule has 1 atom stereocenters. The van der Waals surface area contributed by atoms with Crippen LogP contribution in [0.2, 0.25) is 0 Å². The van der Waals surface area contributed by atoms with Crippen molar-refractivity contribution in [3.8, 4) is 22.5 Å². The Bertz CT molecular complexity index is 1040. The minimum Gasteiger partial charge on any atom is -0.335 e. The van der Waals surface area contributed by atoms with Gasteiger partial charge < -0.3 is 5.32 Å². The summed E-state index contributed by atoms with van der Waals surface area (Å²) in [5, 5.41) is 13.6. The number of benzene rings is 2. The molecule has 3 amide bonds. The third-order valence-electron chi connectivity index (χ3n) is 4.56. The first-order valence-electron chi connectivity index (χ1n) is 9.74. The average Bonchev–Trinajstić information content (AvgIpc) is 3.58. The quantitative estimate of drug-likeness (QED) is 0.592. The lowest BCUT2D eigenvalue weighted by Crippen LogP contribution is -2.43. The molecule has 0 spiro atoms. The number of carbonyl (C=O) groups is 2. The summed E-state index contributed by atoms with van der Waals surface area (Å²) in [4.78, 5) is 28.8. The number of urea groups is 1. The van der Waals surface area contributed by atoms with Crippen LogP contribution in [0.5, 0.6) is 0 Å². The molecule has 2 aromatic carbocycles. The SMILES string of the molecule is CC(Sc1nnc(-c2ccccc2)c(-c2ccccc2)n1)C(=O)NC(=O)NC1CC1. The maximum absolute atomic E-state index is 12.3. The van der Waals surface area contributed by atoms with Crippen LogP contribution in [0.4, 0.5) is 4.79 Å². The molecule has 1 saturated carbocycles. The zero-order valence-corrected chi connectivity index (χ0v) is 17.2. The van der Waals surface area contributed by atoms with Gasteiger partial charge in [0.2, 0.25) is 11.1 Å². The van der Waals surface area contributed by atoms with Crippen LogP contribution in [-0.2, 0) is 4.79 Å². The fourth-order valence-electron chi connectivity index (χ4n) is 2.82. The van der Waals surface area contributed by atoms with Crippen LogP contribution in [0, 0.1) is 0 Å². The molecular formula is C22H21N5O2S. The molecule has 8 heteroatoms. The maximum atomic E-state index is 12.3. The van der Waals surface area contributed by atoms with Gasteiger partial charge in [0.05, 0.1) is 5.25 Å². The van der Waals surface area contributed by atoms with Crippen LogP contribution in [0.1, 0.15) is 19.8 Å². The summed E-state index contributed by atoms with van der Waals surface area (Å²) in [6.07, 6.45) is 1.92. The summed E-state index contributed by atoms with van der Waals surface area (Å²) in [6.45, 7) is 1.71. The second-order valence-corrected chi connectivity index (χ2v) is 8.33. The number of nitrogens with one attached hydrogen (secondary N) is 2. The van der Waals surface area contributed by atoms with Crippen LogP contribution in [0.25, 0.3) is 22.5 Å². The van der Waals surface area contributed by atoms with E-state index in [9.17, 15) is 9.59 Å². The number of aromatic nitrogens is 3.